The molecule has 1 saturated heterocycles. The van der Waals surface area contributed by atoms with Gasteiger partial charge in [0.15, 0.2) is 0 Å². The molecule has 2 aliphatic heterocycles. The van der Waals surface area contributed by atoms with Crippen molar-refractivity contribution in [2.75, 3.05) is 37.0 Å². The first-order valence-electron chi connectivity index (χ1n) is 11.2. The first-order valence-corrected chi connectivity index (χ1v) is 12.6. The molecule has 2 aromatic rings. The van der Waals surface area contributed by atoms with Gasteiger partial charge in [0.2, 0.25) is 21.8 Å². The van der Waals surface area contributed by atoms with Crippen molar-refractivity contribution in [3.05, 3.63) is 54.1 Å². The van der Waals surface area contributed by atoms with E-state index in [2.05, 4.69) is 5.32 Å². The monoisotopic (exact) mass is 470 g/mol. The van der Waals surface area contributed by atoms with E-state index in [1.807, 2.05) is 42.2 Å². The van der Waals surface area contributed by atoms with Crippen LogP contribution in [0, 0.1) is 0 Å². The van der Waals surface area contributed by atoms with Gasteiger partial charge in [0.05, 0.1) is 22.3 Å². The maximum absolute atomic E-state index is 13.5. The second-order valence-corrected chi connectivity index (χ2v) is 10.9. The summed E-state index contributed by atoms with van der Waals surface area (Å²) in [5.74, 6) is -0.458. The molecule has 8 nitrogen and oxygen atoms in total. The van der Waals surface area contributed by atoms with Crippen molar-refractivity contribution in [3.63, 3.8) is 0 Å². The molecule has 2 amide bonds. The van der Waals surface area contributed by atoms with E-state index in [0.29, 0.717) is 12.1 Å². The highest BCUT2D eigenvalue weighted by molar-refractivity contribution is 7.89. The molecule has 4 rings (SSSR count). The molecule has 176 valence electrons. The van der Waals surface area contributed by atoms with Crippen molar-refractivity contribution < 1.29 is 18.0 Å². The Kier molecular flexibility index (Phi) is 6.45. The van der Waals surface area contributed by atoms with Crippen LogP contribution in [0.15, 0.2) is 53.4 Å². The standard InChI is InChI=1S/C24H30N4O4S/c1-17(18-9-5-4-6-10-18)25-23(29)16-28-22-15-19(33(31,32)26(2)3)12-13-20(22)27-14-8-7-11-21(27)24(28)30/h4-6,9-10,12-13,15,17,21H,7-8,11,14,16H2,1-3H3,(H,25,29). The van der Waals surface area contributed by atoms with Crippen LogP contribution in [0.2, 0.25) is 0 Å². The highest BCUT2D eigenvalue weighted by atomic mass is 32.2. The Bertz CT molecular complexity index is 1150. The molecular formula is C24H30N4O4S. The average Bonchev–Trinajstić information content (AvgIpc) is 2.81. The highest BCUT2D eigenvalue weighted by Gasteiger charge is 2.40. The summed E-state index contributed by atoms with van der Waals surface area (Å²) >= 11 is 0. The predicted octanol–water partition coefficient (Wildman–Crippen LogP) is 2.52. The van der Waals surface area contributed by atoms with E-state index in [1.165, 1.54) is 25.1 Å². The number of amides is 2. The quantitative estimate of drug-likeness (QED) is 0.701. The third-order valence-corrected chi connectivity index (χ3v) is 8.17. The summed E-state index contributed by atoms with van der Waals surface area (Å²) in [5.41, 5.74) is 2.22. The van der Waals surface area contributed by atoms with Crippen molar-refractivity contribution >= 4 is 33.2 Å². The SMILES string of the molecule is CC(NC(=O)CN1C(=O)C2CCCCN2c2ccc(S(=O)(=O)N(C)C)cc21)c1ccccc1. The van der Waals surface area contributed by atoms with Crippen molar-refractivity contribution in [1.29, 1.82) is 0 Å². The molecule has 1 fully saturated rings. The molecule has 0 aromatic heterocycles. The minimum atomic E-state index is -3.69. The zero-order valence-corrected chi connectivity index (χ0v) is 20.0. The van der Waals surface area contributed by atoms with E-state index in [4.69, 9.17) is 0 Å². The van der Waals surface area contributed by atoms with Gasteiger partial charge in [-0.05, 0) is 49.9 Å². The molecule has 0 saturated carbocycles. The van der Waals surface area contributed by atoms with Gasteiger partial charge in [-0.2, -0.15) is 0 Å². The normalized spacial score (nSPS) is 19.2. The lowest BCUT2D eigenvalue weighted by Gasteiger charge is -2.45. The third-order valence-electron chi connectivity index (χ3n) is 6.36. The smallest absolute Gasteiger partial charge is 0.250 e. The third kappa shape index (κ3) is 4.47. The maximum Gasteiger partial charge on any atom is 0.250 e. The van der Waals surface area contributed by atoms with E-state index in [0.717, 1.165) is 34.9 Å². The van der Waals surface area contributed by atoms with Crippen molar-refractivity contribution in [2.24, 2.45) is 0 Å². The van der Waals surface area contributed by atoms with Crippen molar-refractivity contribution in [1.82, 2.24) is 9.62 Å². The molecule has 0 radical (unpaired) electrons. The Morgan fingerprint density at radius 1 is 1.12 bits per heavy atom. The number of nitrogens with zero attached hydrogens (tertiary/aromatic N) is 3. The van der Waals surface area contributed by atoms with Crippen LogP contribution in [-0.2, 0) is 19.6 Å². The lowest BCUT2D eigenvalue weighted by atomic mass is 9.96. The summed E-state index contributed by atoms with van der Waals surface area (Å²) in [4.78, 5) is 30.0. The van der Waals surface area contributed by atoms with E-state index in [1.54, 1.807) is 12.1 Å². The molecule has 33 heavy (non-hydrogen) atoms. The van der Waals surface area contributed by atoms with Gasteiger partial charge in [-0.3, -0.25) is 14.5 Å². The van der Waals surface area contributed by atoms with Crippen LogP contribution in [0.3, 0.4) is 0 Å². The summed E-state index contributed by atoms with van der Waals surface area (Å²) in [6, 6.07) is 13.9. The molecule has 2 aliphatic rings. The minimum Gasteiger partial charge on any atom is -0.358 e. The number of anilines is 2. The van der Waals surface area contributed by atoms with E-state index in [-0.39, 0.29) is 35.3 Å². The number of hydrogen-bond acceptors (Lipinski definition) is 5. The summed E-state index contributed by atoms with van der Waals surface area (Å²) in [7, 11) is -0.750. The Balaban J connectivity index is 1.67. The average molecular weight is 471 g/mol. The van der Waals surface area contributed by atoms with Gasteiger partial charge in [-0.25, -0.2) is 12.7 Å². The summed E-state index contributed by atoms with van der Waals surface area (Å²) in [5, 5.41) is 2.96. The first-order chi connectivity index (χ1) is 15.7. The fraction of sp³-hybridized carbons (Fsp3) is 0.417. The van der Waals surface area contributed by atoms with E-state index >= 15 is 0 Å². The number of sulfonamides is 1. The van der Waals surface area contributed by atoms with Crippen LogP contribution in [0.5, 0.6) is 0 Å². The number of fused-ring (bicyclic) bond motifs is 3. The van der Waals surface area contributed by atoms with Crippen LogP contribution in [-0.4, -0.2) is 57.8 Å². The number of piperidine rings is 1. The number of carbonyl (C=O) groups is 2. The summed E-state index contributed by atoms with van der Waals surface area (Å²) in [6.45, 7) is 2.46. The number of benzene rings is 2. The molecule has 0 spiro atoms. The number of nitrogens with one attached hydrogen (secondary N) is 1. The fourth-order valence-electron chi connectivity index (χ4n) is 4.53. The minimum absolute atomic E-state index is 0.0950. The molecule has 9 heteroatoms. The molecule has 2 unspecified atom stereocenters. The van der Waals surface area contributed by atoms with Crippen LogP contribution in [0.1, 0.15) is 37.8 Å². The van der Waals surface area contributed by atoms with Crippen LogP contribution in [0.4, 0.5) is 11.4 Å². The zero-order chi connectivity index (χ0) is 23.8. The van der Waals surface area contributed by atoms with Gasteiger partial charge >= 0.3 is 0 Å². The van der Waals surface area contributed by atoms with Gasteiger partial charge in [0.25, 0.3) is 0 Å². The second kappa shape index (κ2) is 9.15. The second-order valence-electron chi connectivity index (χ2n) is 8.77. The Hall–Kier alpha value is -2.91. The first kappa shape index (κ1) is 23.3. The topological polar surface area (TPSA) is 90.0 Å². The van der Waals surface area contributed by atoms with Gasteiger partial charge in [-0.15, -0.1) is 0 Å². The molecule has 0 bridgehead atoms. The lowest BCUT2D eigenvalue weighted by molar-refractivity contribution is -0.125. The number of rotatable bonds is 6. The van der Waals surface area contributed by atoms with Gasteiger partial charge in [-0.1, -0.05) is 30.3 Å². The maximum atomic E-state index is 13.5. The van der Waals surface area contributed by atoms with Gasteiger partial charge in [0.1, 0.15) is 12.6 Å². The van der Waals surface area contributed by atoms with Gasteiger partial charge < -0.3 is 10.2 Å². The van der Waals surface area contributed by atoms with Crippen LogP contribution < -0.4 is 15.1 Å². The summed E-state index contributed by atoms with van der Waals surface area (Å²) < 4.78 is 26.6. The summed E-state index contributed by atoms with van der Waals surface area (Å²) in [6.07, 6.45) is 2.63. The molecule has 1 N–H and O–H groups in total. The van der Waals surface area contributed by atoms with E-state index in [9.17, 15) is 18.0 Å². The molecule has 0 aliphatic carbocycles. The largest absolute Gasteiger partial charge is 0.358 e. The lowest BCUT2D eigenvalue weighted by Crippen LogP contribution is -2.57. The zero-order valence-electron chi connectivity index (χ0n) is 19.2. The predicted molar refractivity (Wildman–Crippen MR) is 128 cm³/mol. The molecule has 2 aromatic carbocycles. The highest BCUT2D eigenvalue weighted by Crippen LogP contribution is 2.40. The van der Waals surface area contributed by atoms with Crippen molar-refractivity contribution in [2.45, 2.75) is 43.2 Å². The Labute approximate surface area is 195 Å². The molecular weight excluding hydrogens is 440 g/mol. The molecule has 2 atom stereocenters. The van der Waals surface area contributed by atoms with E-state index < -0.39 is 10.0 Å². The van der Waals surface area contributed by atoms with Crippen molar-refractivity contribution in [3.8, 4) is 0 Å². The van der Waals surface area contributed by atoms with Crippen LogP contribution in [0.25, 0.3) is 0 Å². The Morgan fingerprint density at radius 3 is 2.55 bits per heavy atom. The number of hydrogen-bond donors (Lipinski definition) is 1. The molecule has 2 heterocycles. The Morgan fingerprint density at radius 2 is 1.85 bits per heavy atom. The van der Waals surface area contributed by atoms with Crippen LogP contribution >= 0.6 is 0 Å². The van der Waals surface area contributed by atoms with Gasteiger partial charge in [0, 0.05) is 20.6 Å². The fourth-order valence-corrected chi connectivity index (χ4v) is 5.45. The number of carbonyl (C=O) groups excluding carboxylic acids is 2.